The maximum absolute atomic E-state index is 12.5. The fraction of sp³-hybridized carbons (Fsp3) is 0.300. The summed E-state index contributed by atoms with van der Waals surface area (Å²) in [6, 6.07) is 7.41. The highest BCUT2D eigenvalue weighted by atomic mass is 16.5. The summed E-state index contributed by atoms with van der Waals surface area (Å²) in [5.41, 5.74) is -1.48. The lowest BCUT2D eigenvalue weighted by Crippen LogP contribution is -2.55. The van der Waals surface area contributed by atoms with Crippen molar-refractivity contribution >= 4 is 5.91 Å². The van der Waals surface area contributed by atoms with Crippen molar-refractivity contribution in [3.8, 4) is 5.75 Å². The quantitative estimate of drug-likeness (QED) is 0.562. The van der Waals surface area contributed by atoms with Gasteiger partial charge >= 0.3 is 17.1 Å². The van der Waals surface area contributed by atoms with Crippen LogP contribution >= 0.6 is 0 Å². The summed E-state index contributed by atoms with van der Waals surface area (Å²) in [6.07, 6.45) is 3.30. The van der Waals surface area contributed by atoms with Gasteiger partial charge in [0.1, 0.15) is 12.3 Å². The van der Waals surface area contributed by atoms with E-state index in [2.05, 4.69) is 18.5 Å². The van der Waals surface area contributed by atoms with E-state index in [1.165, 1.54) is 12.2 Å². The molecule has 9 heteroatoms. The van der Waals surface area contributed by atoms with Gasteiger partial charge in [-0.05, 0) is 24.1 Å². The normalized spacial score (nSPS) is 10.4. The van der Waals surface area contributed by atoms with Gasteiger partial charge in [0.2, 0.25) is 5.91 Å². The van der Waals surface area contributed by atoms with Crippen LogP contribution in [0.1, 0.15) is 5.56 Å². The molecule has 1 aromatic heterocycles. The number of nitrogens with one attached hydrogen (secondary N) is 1. The van der Waals surface area contributed by atoms with Crippen LogP contribution in [0.4, 0.5) is 0 Å². The van der Waals surface area contributed by atoms with Crippen LogP contribution in [0.3, 0.4) is 0 Å². The van der Waals surface area contributed by atoms with E-state index in [4.69, 9.17) is 4.74 Å². The number of rotatable bonds is 10. The van der Waals surface area contributed by atoms with Crippen LogP contribution in [0.5, 0.6) is 5.75 Å². The van der Waals surface area contributed by atoms with E-state index in [0.717, 1.165) is 25.0 Å². The molecule has 0 saturated carbocycles. The van der Waals surface area contributed by atoms with Crippen molar-refractivity contribution in [2.45, 2.75) is 26.1 Å². The second-order valence-electron chi connectivity index (χ2n) is 6.18. The second kappa shape index (κ2) is 10.1. The maximum Gasteiger partial charge on any atom is 0.337 e. The first-order valence-electron chi connectivity index (χ1n) is 8.98. The summed E-state index contributed by atoms with van der Waals surface area (Å²) in [6.45, 7) is 6.69. The van der Waals surface area contributed by atoms with Gasteiger partial charge in [-0.25, -0.2) is 28.1 Å². The summed E-state index contributed by atoms with van der Waals surface area (Å²) in [5.74, 6) is 0.231. The molecule has 1 heterocycles. The lowest BCUT2D eigenvalue weighted by molar-refractivity contribution is -0.121. The Balaban J connectivity index is 2.15. The SMILES string of the molecule is C=CCn1c(=O)n(CC=C)c(=O)n(CC(=O)NCCc2ccc(OC)cc2)c1=O. The third-order valence-corrected chi connectivity index (χ3v) is 4.21. The molecule has 1 N–H and O–H groups in total. The number of carbonyl (C=O) groups is 1. The molecule has 2 rings (SSSR count). The first-order valence-corrected chi connectivity index (χ1v) is 8.98. The van der Waals surface area contributed by atoms with Crippen molar-refractivity contribution in [3.63, 3.8) is 0 Å². The standard InChI is InChI=1S/C20H24N4O5/c1-4-12-22-18(26)23(13-5-2)20(28)24(19(22)27)14-17(25)21-11-10-15-6-8-16(29-3)9-7-15/h4-9H,1-2,10-14H2,3H3,(H,21,25). The second-order valence-corrected chi connectivity index (χ2v) is 6.18. The number of hydrogen-bond acceptors (Lipinski definition) is 5. The largest absolute Gasteiger partial charge is 0.497 e. The fourth-order valence-corrected chi connectivity index (χ4v) is 2.73. The Morgan fingerprint density at radius 2 is 1.48 bits per heavy atom. The minimum absolute atomic E-state index is 0.0752. The summed E-state index contributed by atoms with van der Waals surface area (Å²) in [4.78, 5) is 49.6. The van der Waals surface area contributed by atoms with Crippen LogP contribution in [-0.2, 0) is 30.8 Å². The molecule has 0 aliphatic carbocycles. The Bertz CT molecular complexity index is 1010. The van der Waals surface area contributed by atoms with Crippen LogP contribution in [-0.4, -0.2) is 33.3 Å². The van der Waals surface area contributed by atoms with Crippen LogP contribution in [0.25, 0.3) is 0 Å². The lowest BCUT2D eigenvalue weighted by atomic mass is 10.1. The lowest BCUT2D eigenvalue weighted by Gasteiger charge is -2.12. The van der Waals surface area contributed by atoms with Gasteiger partial charge in [0.05, 0.1) is 20.2 Å². The zero-order valence-corrected chi connectivity index (χ0v) is 16.3. The Hall–Kier alpha value is -3.62. The van der Waals surface area contributed by atoms with Crippen LogP contribution in [0.15, 0.2) is 64.0 Å². The Labute approximate surface area is 167 Å². The van der Waals surface area contributed by atoms with E-state index in [9.17, 15) is 19.2 Å². The number of benzene rings is 1. The van der Waals surface area contributed by atoms with Crippen LogP contribution < -0.4 is 27.1 Å². The monoisotopic (exact) mass is 400 g/mol. The highest BCUT2D eigenvalue weighted by Gasteiger charge is 2.16. The topological polar surface area (TPSA) is 104 Å². The number of ether oxygens (including phenoxy) is 1. The first kappa shape index (κ1) is 21.7. The molecule has 0 spiro atoms. The number of amides is 1. The fourth-order valence-electron chi connectivity index (χ4n) is 2.73. The summed E-state index contributed by atoms with van der Waals surface area (Å²) < 4.78 is 7.53. The molecule has 0 aliphatic heterocycles. The van der Waals surface area contributed by atoms with Crippen molar-refractivity contribution in [2.24, 2.45) is 0 Å². The third-order valence-electron chi connectivity index (χ3n) is 4.21. The molecule has 29 heavy (non-hydrogen) atoms. The van der Waals surface area contributed by atoms with Crippen molar-refractivity contribution in [3.05, 3.63) is 86.6 Å². The molecular weight excluding hydrogens is 376 g/mol. The van der Waals surface area contributed by atoms with E-state index >= 15 is 0 Å². The maximum atomic E-state index is 12.5. The number of aromatic nitrogens is 3. The molecule has 0 unspecified atom stereocenters. The summed E-state index contributed by atoms with van der Waals surface area (Å²) >= 11 is 0. The molecule has 0 atom stereocenters. The van der Waals surface area contributed by atoms with Gasteiger partial charge in [-0.3, -0.25) is 4.79 Å². The Morgan fingerprint density at radius 3 is 1.97 bits per heavy atom. The van der Waals surface area contributed by atoms with Crippen molar-refractivity contribution in [2.75, 3.05) is 13.7 Å². The van der Waals surface area contributed by atoms with Crippen LogP contribution in [0.2, 0.25) is 0 Å². The first-order chi connectivity index (χ1) is 13.9. The molecule has 0 radical (unpaired) electrons. The molecule has 0 bridgehead atoms. The molecule has 0 aliphatic rings. The van der Waals surface area contributed by atoms with Crippen molar-refractivity contribution in [1.29, 1.82) is 0 Å². The molecule has 0 fully saturated rings. The zero-order chi connectivity index (χ0) is 21.4. The predicted molar refractivity (Wildman–Crippen MR) is 109 cm³/mol. The van der Waals surface area contributed by atoms with E-state index in [0.29, 0.717) is 13.0 Å². The van der Waals surface area contributed by atoms with Crippen molar-refractivity contribution < 1.29 is 9.53 Å². The molecular formula is C20H24N4O5. The van der Waals surface area contributed by atoms with E-state index in [-0.39, 0.29) is 13.1 Å². The van der Waals surface area contributed by atoms with Gasteiger partial charge in [-0.1, -0.05) is 24.3 Å². The number of methoxy groups -OCH3 is 1. The average molecular weight is 400 g/mol. The van der Waals surface area contributed by atoms with Gasteiger partial charge in [0.25, 0.3) is 0 Å². The summed E-state index contributed by atoms with van der Waals surface area (Å²) in [7, 11) is 1.58. The van der Waals surface area contributed by atoms with Gasteiger partial charge in [-0.2, -0.15) is 0 Å². The number of nitrogens with zero attached hydrogens (tertiary/aromatic N) is 3. The smallest absolute Gasteiger partial charge is 0.337 e. The predicted octanol–water partition coefficient (Wildman–Crippen LogP) is -0.0888. The molecule has 9 nitrogen and oxygen atoms in total. The Morgan fingerprint density at radius 1 is 0.966 bits per heavy atom. The third kappa shape index (κ3) is 5.22. The molecule has 154 valence electrons. The van der Waals surface area contributed by atoms with Gasteiger partial charge < -0.3 is 10.1 Å². The van der Waals surface area contributed by atoms with Crippen molar-refractivity contribution in [1.82, 2.24) is 19.0 Å². The zero-order valence-electron chi connectivity index (χ0n) is 16.3. The van der Waals surface area contributed by atoms with Gasteiger partial charge in [0.15, 0.2) is 0 Å². The highest BCUT2D eigenvalue weighted by molar-refractivity contribution is 5.75. The van der Waals surface area contributed by atoms with Gasteiger partial charge in [0, 0.05) is 6.54 Å². The number of allylic oxidation sites excluding steroid dienone is 2. The average Bonchev–Trinajstić information content (AvgIpc) is 2.72. The highest BCUT2D eigenvalue weighted by Crippen LogP contribution is 2.11. The molecule has 1 amide bonds. The number of hydrogen-bond donors (Lipinski definition) is 1. The number of carbonyl (C=O) groups excluding carboxylic acids is 1. The Kier molecular flexibility index (Phi) is 7.53. The van der Waals surface area contributed by atoms with E-state index in [1.807, 2.05) is 24.3 Å². The van der Waals surface area contributed by atoms with E-state index < -0.39 is 29.5 Å². The molecule has 0 saturated heterocycles. The minimum Gasteiger partial charge on any atom is -0.497 e. The van der Waals surface area contributed by atoms with Gasteiger partial charge in [-0.15, -0.1) is 13.2 Å². The summed E-state index contributed by atoms with van der Waals surface area (Å²) in [5, 5.41) is 2.67. The van der Waals surface area contributed by atoms with E-state index in [1.54, 1.807) is 7.11 Å². The van der Waals surface area contributed by atoms with Crippen LogP contribution in [0, 0.1) is 0 Å². The molecule has 1 aromatic carbocycles. The molecule has 2 aromatic rings. The minimum atomic E-state index is -0.856.